The molecule has 0 aliphatic rings. The zero-order valence-corrected chi connectivity index (χ0v) is 10.1. The molecular formula is C14H20O2. The van der Waals surface area contributed by atoms with E-state index in [0.29, 0.717) is 18.1 Å². The van der Waals surface area contributed by atoms with Gasteiger partial charge in [-0.2, -0.15) is 0 Å². The summed E-state index contributed by atoms with van der Waals surface area (Å²) in [6.45, 7) is 4.88. The van der Waals surface area contributed by atoms with Crippen LogP contribution < -0.4 is 4.74 Å². The minimum absolute atomic E-state index is 0.447. The van der Waals surface area contributed by atoms with Gasteiger partial charge in [-0.1, -0.05) is 51.3 Å². The van der Waals surface area contributed by atoms with Crippen molar-refractivity contribution in [3.8, 4) is 5.75 Å². The Kier molecular flexibility index (Phi) is 5.62. The molecule has 0 N–H and O–H groups in total. The molecule has 16 heavy (non-hydrogen) atoms. The molecule has 2 nitrogen and oxygen atoms in total. The predicted molar refractivity (Wildman–Crippen MR) is 65.7 cm³/mol. The second-order valence-corrected chi connectivity index (χ2v) is 4.15. The van der Waals surface area contributed by atoms with Crippen LogP contribution in [0.2, 0.25) is 0 Å². The fourth-order valence-corrected chi connectivity index (χ4v) is 1.90. The van der Waals surface area contributed by atoms with E-state index >= 15 is 0 Å². The van der Waals surface area contributed by atoms with Gasteiger partial charge in [-0.15, -0.1) is 0 Å². The highest BCUT2D eigenvalue weighted by molar-refractivity contribution is 5.48. The van der Waals surface area contributed by atoms with Gasteiger partial charge in [0.1, 0.15) is 5.75 Å². The molecule has 0 aromatic heterocycles. The molecule has 0 spiro atoms. The number of rotatable bonds is 7. The normalized spacial score (nSPS) is 12.1. The van der Waals surface area contributed by atoms with Crippen LogP contribution in [0, 0.1) is 0 Å². The summed E-state index contributed by atoms with van der Waals surface area (Å²) in [5, 5.41) is 0. The molecule has 0 aliphatic carbocycles. The minimum Gasteiger partial charge on any atom is -0.428 e. The van der Waals surface area contributed by atoms with Crippen molar-refractivity contribution in [1.29, 1.82) is 0 Å². The summed E-state index contributed by atoms with van der Waals surface area (Å²) >= 11 is 0. The largest absolute Gasteiger partial charge is 0.428 e. The van der Waals surface area contributed by atoms with E-state index in [4.69, 9.17) is 4.74 Å². The molecule has 0 bridgehead atoms. The molecule has 1 atom stereocenters. The highest BCUT2D eigenvalue weighted by Crippen LogP contribution is 2.29. The number of unbranched alkanes of at least 4 members (excludes halogenated alkanes) is 2. The molecule has 2 heteroatoms. The summed E-state index contributed by atoms with van der Waals surface area (Å²) in [5.74, 6) is 1.14. The van der Waals surface area contributed by atoms with Crippen molar-refractivity contribution in [1.82, 2.24) is 0 Å². The van der Waals surface area contributed by atoms with Crippen molar-refractivity contribution >= 4 is 6.47 Å². The van der Waals surface area contributed by atoms with E-state index in [1.54, 1.807) is 0 Å². The van der Waals surface area contributed by atoms with Crippen molar-refractivity contribution in [2.45, 2.75) is 45.4 Å². The summed E-state index contributed by atoms with van der Waals surface area (Å²) in [4.78, 5) is 10.4. The van der Waals surface area contributed by atoms with Crippen LogP contribution in [0.1, 0.15) is 51.0 Å². The number of para-hydroxylation sites is 1. The summed E-state index contributed by atoms with van der Waals surface area (Å²) < 4.78 is 4.98. The first-order valence-corrected chi connectivity index (χ1v) is 5.98. The van der Waals surface area contributed by atoms with Crippen LogP contribution in [0.3, 0.4) is 0 Å². The molecule has 1 aromatic carbocycles. The fourth-order valence-electron chi connectivity index (χ4n) is 1.90. The number of benzene rings is 1. The fraction of sp³-hybridized carbons (Fsp3) is 0.500. The minimum atomic E-state index is 0.447. The van der Waals surface area contributed by atoms with Gasteiger partial charge in [-0.05, 0) is 24.0 Å². The van der Waals surface area contributed by atoms with Crippen molar-refractivity contribution in [3.63, 3.8) is 0 Å². The van der Waals surface area contributed by atoms with Crippen LogP contribution in [0.15, 0.2) is 24.3 Å². The Morgan fingerprint density at radius 1 is 1.31 bits per heavy atom. The lowest BCUT2D eigenvalue weighted by molar-refractivity contribution is -0.120. The van der Waals surface area contributed by atoms with E-state index in [2.05, 4.69) is 13.8 Å². The van der Waals surface area contributed by atoms with Gasteiger partial charge in [-0.25, -0.2) is 0 Å². The standard InChI is InChI=1S/C14H20O2/c1-3-4-5-8-12(2)13-9-6-7-10-14(13)16-11-15/h6-7,9-12H,3-5,8H2,1-2H3. The van der Waals surface area contributed by atoms with E-state index in [0.717, 1.165) is 12.0 Å². The summed E-state index contributed by atoms with van der Waals surface area (Å²) in [6, 6.07) is 7.76. The van der Waals surface area contributed by atoms with Gasteiger partial charge in [0.15, 0.2) is 0 Å². The highest BCUT2D eigenvalue weighted by Gasteiger charge is 2.10. The van der Waals surface area contributed by atoms with Crippen molar-refractivity contribution < 1.29 is 9.53 Å². The van der Waals surface area contributed by atoms with Gasteiger partial charge < -0.3 is 4.74 Å². The Labute approximate surface area is 97.6 Å². The third-order valence-corrected chi connectivity index (χ3v) is 2.87. The van der Waals surface area contributed by atoms with Crippen LogP contribution in [-0.4, -0.2) is 6.47 Å². The molecular weight excluding hydrogens is 200 g/mol. The summed E-state index contributed by atoms with van der Waals surface area (Å²) in [6.07, 6.45) is 4.88. The summed E-state index contributed by atoms with van der Waals surface area (Å²) in [5.41, 5.74) is 1.13. The highest BCUT2D eigenvalue weighted by atomic mass is 16.5. The zero-order chi connectivity index (χ0) is 11.8. The van der Waals surface area contributed by atoms with Gasteiger partial charge in [0.2, 0.25) is 0 Å². The molecule has 0 amide bonds. The Bertz CT molecular complexity index is 320. The topological polar surface area (TPSA) is 26.3 Å². The van der Waals surface area contributed by atoms with Crippen LogP contribution in [0.25, 0.3) is 0 Å². The SMILES string of the molecule is CCCCCC(C)c1ccccc1OC=O. The zero-order valence-electron chi connectivity index (χ0n) is 10.1. The van der Waals surface area contributed by atoms with E-state index in [1.807, 2.05) is 24.3 Å². The van der Waals surface area contributed by atoms with Gasteiger partial charge >= 0.3 is 0 Å². The van der Waals surface area contributed by atoms with E-state index in [9.17, 15) is 4.79 Å². The maximum absolute atomic E-state index is 10.4. The third kappa shape index (κ3) is 3.69. The molecule has 0 fully saturated rings. The van der Waals surface area contributed by atoms with E-state index in [1.165, 1.54) is 19.3 Å². The lowest BCUT2D eigenvalue weighted by Gasteiger charge is -2.14. The third-order valence-electron chi connectivity index (χ3n) is 2.87. The average molecular weight is 220 g/mol. The van der Waals surface area contributed by atoms with Crippen LogP contribution in [-0.2, 0) is 4.79 Å². The first kappa shape index (κ1) is 12.8. The van der Waals surface area contributed by atoms with E-state index in [-0.39, 0.29) is 0 Å². The molecule has 88 valence electrons. The maximum Gasteiger partial charge on any atom is 0.298 e. The Morgan fingerprint density at radius 3 is 2.75 bits per heavy atom. The molecule has 1 aromatic rings. The number of hydrogen-bond acceptors (Lipinski definition) is 2. The predicted octanol–water partition coefficient (Wildman–Crippen LogP) is 3.91. The van der Waals surface area contributed by atoms with Gasteiger partial charge in [-0.3, -0.25) is 4.79 Å². The number of carbonyl (C=O) groups is 1. The molecule has 0 aliphatic heterocycles. The quantitative estimate of drug-likeness (QED) is 0.514. The van der Waals surface area contributed by atoms with Gasteiger partial charge in [0.05, 0.1) is 0 Å². The molecule has 0 saturated carbocycles. The smallest absolute Gasteiger partial charge is 0.298 e. The number of hydrogen-bond donors (Lipinski definition) is 0. The maximum atomic E-state index is 10.4. The molecule has 0 heterocycles. The number of carbonyl (C=O) groups excluding carboxylic acids is 1. The van der Waals surface area contributed by atoms with Gasteiger partial charge in [0.25, 0.3) is 6.47 Å². The average Bonchev–Trinajstić information content (AvgIpc) is 2.30. The van der Waals surface area contributed by atoms with Crippen LogP contribution in [0.4, 0.5) is 0 Å². The van der Waals surface area contributed by atoms with E-state index < -0.39 is 0 Å². The molecule has 0 saturated heterocycles. The molecule has 1 rings (SSSR count). The molecule has 1 unspecified atom stereocenters. The van der Waals surface area contributed by atoms with Crippen LogP contribution in [0.5, 0.6) is 5.75 Å². The monoisotopic (exact) mass is 220 g/mol. The van der Waals surface area contributed by atoms with Gasteiger partial charge in [0, 0.05) is 0 Å². The first-order chi connectivity index (χ1) is 7.79. The van der Waals surface area contributed by atoms with Crippen molar-refractivity contribution in [2.75, 3.05) is 0 Å². The number of ether oxygens (including phenoxy) is 1. The Hall–Kier alpha value is -1.31. The Morgan fingerprint density at radius 2 is 2.06 bits per heavy atom. The second-order valence-electron chi connectivity index (χ2n) is 4.15. The van der Waals surface area contributed by atoms with Crippen molar-refractivity contribution in [2.24, 2.45) is 0 Å². The summed E-state index contributed by atoms with van der Waals surface area (Å²) in [7, 11) is 0. The molecule has 0 radical (unpaired) electrons. The van der Waals surface area contributed by atoms with Crippen molar-refractivity contribution in [3.05, 3.63) is 29.8 Å². The second kappa shape index (κ2) is 7.04. The Balaban J connectivity index is 2.65. The first-order valence-electron chi connectivity index (χ1n) is 5.98. The lowest BCUT2D eigenvalue weighted by atomic mass is 9.94. The lowest BCUT2D eigenvalue weighted by Crippen LogP contribution is -1.99. The van der Waals surface area contributed by atoms with Crippen LogP contribution >= 0.6 is 0 Å².